The molecule has 8 nitrogen and oxygen atoms in total. The van der Waals surface area contributed by atoms with Crippen molar-refractivity contribution in [3.05, 3.63) is 48.0 Å². The molecule has 3 rings (SSSR count). The molecule has 0 radical (unpaired) electrons. The van der Waals surface area contributed by atoms with Crippen molar-refractivity contribution in [2.75, 3.05) is 24.7 Å². The van der Waals surface area contributed by atoms with Gasteiger partial charge in [0.2, 0.25) is 0 Å². The Bertz CT molecular complexity index is 881. The van der Waals surface area contributed by atoms with Gasteiger partial charge in [-0.15, -0.1) is 0 Å². The first kappa shape index (κ1) is 18.2. The first-order valence-electron chi connectivity index (χ1n) is 8.39. The summed E-state index contributed by atoms with van der Waals surface area (Å²) in [6, 6.07) is 12.0. The molecule has 0 atom stereocenters. The maximum Gasteiger partial charge on any atom is 0.265 e. The Morgan fingerprint density at radius 1 is 1.33 bits per heavy atom. The smallest absolute Gasteiger partial charge is 0.265 e. The van der Waals surface area contributed by atoms with Crippen LogP contribution >= 0.6 is 0 Å². The molecular formula is C19H19N3O5. The fraction of sp³-hybridized carbons (Fsp3) is 0.211. The molecule has 0 aromatic heterocycles. The zero-order valence-corrected chi connectivity index (χ0v) is 14.7. The van der Waals surface area contributed by atoms with E-state index in [0.717, 1.165) is 0 Å². The summed E-state index contributed by atoms with van der Waals surface area (Å²) in [5.41, 5.74) is 3.29. The van der Waals surface area contributed by atoms with Crippen LogP contribution in [0.15, 0.2) is 47.6 Å². The van der Waals surface area contributed by atoms with Crippen molar-refractivity contribution in [2.45, 2.75) is 6.92 Å². The van der Waals surface area contributed by atoms with Crippen molar-refractivity contribution in [3.8, 4) is 17.2 Å². The van der Waals surface area contributed by atoms with E-state index in [0.29, 0.717) is 29.4 Å². The van der Waals surface area contributed by atoms with Crippen LogP contribution in [0.1, 0.15) is 12.5 Å². The van der Waals surface area contributed by atoms with Gasteiger partial charge in [0.25, 0.3) is 11.8 Å². The molecule has 27 heavy (non-hydrogen) atoms. The first-order valence-corrected chi connectivity index (χ1v) is 8.39. The number of aromatic hydroxyl groups is 1. The first-order chi connectivity index (χ1) is 13.1. The number of hydrogen-bond donors (Lipinski definition) is 2. The third kappa shape index (κ3) is 4.17. The standard InChI is InChI=1S/C19H19N3O5/c1-2-26-16-9-5-6-13(19(16)25)10-20-21-17(23)11-22-14-7-3-4-8-15(14)27-12-18(22)24/h3-10,25H,2,11-12H2,1H3,(H,21,23)/b20-10+. The van der Waals surface area contributed by atoms with Gasteiger partial charge < -0.3 is 14.6 Å². The minimum Gasteiger partial charge on any atom is -0.504 e. The summed E-state index contributed by atoms with van der Waals surface area (Å²) in [6.45, 7) is 1.92. The van der Waals surface area contributed by atoms with Gasteiger partial charge in [-0.05, 0) is 31.2 Å². The van der Waals surface area contributed by atoms with Crippen LogP contribution in [0.3, 0.4) is 0 Å². The fourth-order valence-electron chi connectivity index (χ4n) is 2.60. The molecule has 0 fully saturated rings. The van der Waals surface area contributed by atoms with E-state index in [2.05, 4.69) is 10.5 Å². The van der Waals surface area contributed by atoms with Gasteiger partial charge in [0.05, 0.1) is 18.5 Å². The highest BCUT2D eigenvalue weighted by Gasteiger charge is 2.26. The van der Waals surface area contributed by atoms with Crippen LogP contribution in [0, 0.1) is 0 Å². The molecule has 0 saturated carbocycles. The quantitative estimate of drug-likeness (QED) is 0.596. The number of hydrogen-bond acceptors (Lipinski definition) is 6. The number of hydrazone groups is 1. The highest BCUT2D eigenvalue weighted by atomic mass is 16.5. The number of amides is 2. The molecular weight excluding hydrogens is 350 g/mol. The van der Waals surface area contributed by atoms with Crippen LogP contribution in [0.25, 0.3) is 0 Å². The summed E-state index contributed by atoms with van der Waals surface area (Å²) in [5.74, 6) is 0.0376. The molecule has 0 unspecified atom stereocenters. The normalized spacial score (nSPS) is 13.2. The zero-order valence-electron chi connectivity index (χ0n) is 14.7. The van der Waals surface area contributed by atoms with Crippen LogP contribution in [0.5, 0.6) is 17.2 Å². The third-order valence-electron chi connectivity index (χ3n) is 3.83. The Morgan fingerprint density at radius 2 is 2.15 bits per heavy atom. The molecule has 2 aromatic carbocycles. The zero-order chi connectivity index (χ0) is 19.2. The molecule has 140 valence electrons. The predicted molar refractivity (Wildman–Crippen MR) is 99.3 cm³/mol. The number of phenols is 1. The largest absolute Gasteiger partial charge is 0.504 e. The summed E-state index contributed by atoms with van der Waals surface area (Å²) in [5, 5.41) is 13.9. The van der Waals surface area contributed by atoms with E-state index in [1.807, 2.05) is 6.92 Å². The van der Waals surface area contributed by atoms with E-state index in [-0.39, 0.29) is 24.8 Å². The maximum atomic E-state index is 12.2. The maximum absolute atomic E-state index is 12.2. The summed E-state index contributed by atoms with van der Waals surface area (Å²) < 4.78 is 10.6. The Kier molecular flexibility index (Phi) is 5.55. The molecule has 2 amide bonds. The molecule has 0 aliphatic carbocycles. The van der Waals surface area contributed by atoms with Crippen molar-refractivity contribution in [3.63, 3.8) is 0 Å². The number of phenolic OH excluding ortho intramolecular Hbond substituents is 1. The molecule has 1 heterocycles. The third-order valence-corrected chi connectivity index (χ3v) is 3.83. The van der Waals surface area contributed by atoms with Crippen LogP contribution < -0.4 is 19.8 Å². The van der Waals surface area contributed by atoms with Crippen molar-refractivity contribution in [1.29, 1.82) is 0 Å². The second kappa shape index (κ2) is 8.22. The number of nitrogens with zero attached hydrogens (tertiary/aromatic N) is 2. The van der Waals surface area contributed by atoms with E-state index < -0.39 is 5.91 Å². The number of anilines is 1. The Balaban J connectivity index is 1.65. The lowest BCUT2D eigenvalue weighted by Crippen LogP contribution is -2.44. The molecule has 1 aliphatic rings. The van der Waals surface area contributed by atoms with Gasteiger partial charge in [0.1, 0.15) is 12.3 Å². The topological polar surface area (TPSA) is 100 Å². The number of para-hydroxylation sites is 3. The Morgan fingerprint density at radius 3 is 2.96 bits per heavy atom. The average Bonchev–Trinajstić information content (AvgIpc) is 2.67. The average molecular weight is 369 g/mol. The summed E-state index contributed by atoms with van der Waals surface area (Å²) >= 11 is 0. The molecule has 1 aliphatic heterocycles. The summed E-state index contributed by atoms with van der Waals surface area (Å²) in [7, 11) is 0. The molecule has 2 N–H and O–H groups in total. The highest BCUT2D eigenvalue weighted by molar-refractivity contribution is 6.02. The summed E-state index contributed by atoms with van der Waals surface area (Å²) in [6.07, 6.45) is 1.31. The number of nitrogens with one attached hydrogen (secondary N) is 1. The number of fused-ring (bicyclic) bond motifs is 1. The van der Waals surface area contributed by atoms with Gasteiger partial charge in [-0.25, -0.2) is 5.43 Å². The van der Waals surface area contributed by atoms with Crippen molar-refractivity contribution in [1.82, 2.24) is 5.43 Å². The molecule has 0 saturated heterocycles. The second-order valence-electron chi connectivity index (χ2n) is 5.66. The van der Waals surface area contributed by atoms with Crippen LogP contribution in [0.4, 0.5) is 5.69 Å². The summed E-state index contributed by atoms with van der Waals surface area (Å²) in [4.78, 5) is 25.6. The van der Waals surface area contributed by atoms with E-state index in [9.17, 15) is 14.7 Å². The van der Waals surface area contributed by atoms with Gasteiger partial charge >= 0.3 is 0 Å². The number of rotatable bonds is 6. The SMILES string of the molecule is CCOc1cccc(/C=N/NC(=O)CN2C(=O)COc3ccccc32)c1O. The molecule has 0 bridgehead atoms. The van der Waals surface area contributed by atoms with E-state index >= 15 is 0 Å². The van der Waals surface area contributed by atoms with E-state index in [1.165, 1.54) is 11.1 Å². The lowest BCUT2D eigenvalue weighted by molar-refractivity contribution is -0.125. The van der Waals surface area contributed by atoms with Gasteiger partial charge in [-0.3, -0.25) is 14.5 Å². The molecule has 2 aromatic rings. The van der Waals surface area contributed by atoms with Crippen molar-refractivity contribution >= 4 is 23.7 Å². The molecule has 0 spiro atoms. The number of benzene rings is 2. The number of carbonyl (C=O) groups is 2. The minimum atomic E-state index is -0.475. The molecule has 8 heteroatoms. The van der Waals surface area contributed by atoms with Gasteiger partial charge in [-0.2, -0.15) is 5.10 Å². The van der Waals surface area contributed by atoms with Gasteiger partial charge in [0.15, 0.2) is 18.1 Å². The highest BCUT2D eigenvalue weighted by Crippen LogP contribution is 2.31. The Labute approximate surface area is 156 Å². The Hall–Kier alpha value is -3.55. The number of carbonyl (C=O) groups excluding carboxylic acids is 2. The van der Waals surface area contributed by atoms with Crippen molar-refractivity contribution in [2.24, 2.45) is 5.10 Å². The van der Waals surface area contributed by atoms with Gasteiger partial charge in [0, 0.05) is 5.56 Å². The fourth-order valence-corrected chi connectivity index (χ4v) is 2.60. The van der Waals surface area contributed by atoms with E-state index in [1.54, 1.807) is 42.5 Å². The second-order valence-corrected chi connectivity index (χ2v) is 5.66. The lowest BCUT2D eigenvalue weighted by Gasteiger charge is -2.28. The van der Waals surface area contributed by atoms with E-state index in [4.69, 9.17) is 9.47 Å². The van der Waals surface area contributed by atoms with Crippen LogP contribution in [0.2, 0.25) is 0 Å². The van der Waals surface area contributed by atoms with Crippen LogP contribution in [-0.4, -0.2) is 42.9 Å². The number of ether oxygens (including phenoxy) is 2. The van der Waals surface area contributed by atoms with Crippen molar-refractivity contribution < 1.29 is 24.2 Å². The monoisotopic (exact) mass is 369 g/mol. The van der Waals surface area contributed by atoms with Crippen LogP contribution in [-0.2, 0) is 9.59 Å². The lowest BCUT2D eigenvalue weighted by atomic mass is 10.2. The van der Waals surface area contributed by atoms with Gasteiger partial charge in [-0.1, -0.05) is 18.2 Å². The predicted octanol–water partition coefficient (Wildman–Crippen LogP) is 1.67. The minimum absolute atomic E-state index is 0.0605.